The van der Waals surface area contributed by atoms with E-state index in [1.54, 1.807) is 6.20 Å². The third-order valence-electron chi connectivity index (χ3n) is 1.65. The first-order valence-electron chi connectivity index (χ1n) is 4.35. The molecular formula is C9H17NO3. The number of carbonyl (C=O) groups is 1. The first-order chi connectivity index (χ1) is 6.07. The van der Waals surface area contributed by atoms with Crippen LogP contribution in [-0.4, -0.2) is 40.3 Å². The molecule has 0 aliphatic heterocycles. The number of hydrogen-bond donors (Lipinski definition) is 2. The Kier molecular flexibility index (Phi) is 5.97. The van der Waals surface area contributed by atoms with Crippen molar-refractivity contribution in [3.8, 4) is 0 Å². The lowest BCUT2D eigenvalue weighted by atomic mass is 10.3. The van der Waals surface area contributed by atoms with Crippen LogP contribution in [0.5, 0.6) is 0 Å². The number of aliphatic carboxylic acids is 1. The number of nitrogens with zero attached hydrogens (tertiary/aromatic N) is 1. The van der Waals surface area contributed by atoms with Crippen molar-refractivity contribution in [3.05, 3.63) is 12.3 Å². The third-order valence-corrected chi connectivity index (χ3v) is 1.65. The highest BCUT2D eigenvalue weighted by molar-refractivity contribution is 5.79. The summed E-state index contributed by atoms with van der Waals surface area (Å²) in [4.78, 5) is 12.1. The second-order valence-corrected chi connectivity index (χ2v) is 3.06. The van der Waals surface area contributed by atoms with E-state index in [0.29, 0.717) is 13.0 Å². The molecule has 0 saturated carbocycles. The van der Waals surface area contributed by atoms with Crippen molar-refractivity contribution in [2.24, 2.45) is 0 Å². The normalized spacial score (nSPS) is 11.1. The summed E-state index contributed by atoms with van der Waals surface area (Å²) >= 11 is 0. The fourth-order valence-corrected chi connectivity index (χ4v) is 0.918. The fourth-order valence-electron chi connectivity index (χ4n) is 0.918. The summed E-state index contributed by atoms with van der Waals surface area (Å²) in [6.45, 7) is 4.76. The monoisotopic (exact) mass is 187 g/mol. The zero-order valence-corrected chi connectivity index (χ0v) is 8.10. The van der Waals surface area contributed by atoms with Crippen LogP contribution >= 0.6 is 0 Å². The highest BCUT2D eigenvalue weighted by Gasteiger charge is 2.03. The molecule has 0 aliphatic rings. The van der Waals surface area contributed by atoms with Crippen LogP contribution in [0.1, 0.15) is 20.3 Å². The number of aliphatic hydroxyl groups excluding tert-OH is 1. The Morgan fingerprint density at radius 1 is 1.54 bits per heavy atom. The molecule has 0 bridgehead atoms. The molecule has 4 heteroatoms. The Labute approximate surface area is 78.5 Å². The first kappa shape index (κ1) is 12.0. The van der Waals surface area contributed by atoms with Gasteiger partial charge < -0.3 is 15.1 Å². The van der Waals surface area contributed by atoms with E-state index in [1.165, 1.54) is 0 Å². The number of hydrogen-bond acceptors (Lipinski definition) is 3. The average molecular weight is 187 g/mol. The highest BCUT2D eigenvalue weighted by Crippen LogP contribution is 2.00. The Balaban J connectivity index is 4.01. The molecule has 4 nitrogen and oxygen atoms in total. The van der Waals surface area contributed by atoms with Crippen molar-refractivity contribution >= 4 is 5.97 Å². The van der Waals surface area contributed by atoms with E-state index in [4.69, 9.17) is 10.2 Å². The quantitative estimate of drug-likeness (QED) is 0.600. The smallest absolute Gasteiger partial charge is 0.329 e. The van der Waals surface area contributed by atoms with E-state index in [0.717, 1.165) is 6.08 Å². The van der Waals surface area contributed by atoms with E-state index in [-0.39, 0.29) is 12.6 Å². The van der Waals surface area contributed by atoms with E-state index >= 15 is 0 Å². The van der Waals surface area contributed by atoms with Crippen LogP contribution in [0.3, 0.4) is 0 Å². The lowest BCUT2D eigenvalue weighted by molar-refractivity contribution is -0.131. The standard InChI is InChI=1S/C9H17NO3/c1-8(2)10(5-3-7-11)6-4-9(12)13/h4,6,8,11H,3,5,7H2,1-2H3,(H,12,13). The van der Waals surface area contributed by atoms with E-state index < -0.39 is 5.97 Å². The van der Waals surface area contributed by atoms with Crippen LogP contribution < -0.4 is 0 Å². The maximum atomic E-state index is 10.2. The molecule has 0 radical (unpaired) electrons. The van der Waals surface area contributed by atoms with Gasteiger partial charge in [-0.05, 0) is 20.3 Å². The molecule has 0 unspecified atom stereocenters. The minimum absolute atomic E-state index is 0.129. The molecule has 0 rings (SSSR count). The van der Waals surface area contributed by atoms with Gasteiger partial charge in [-0.2, -0.15) is 0 Å². The van der Waals surface area contributed by atoms with Crippen molar-refractivity contribution in [3.63, 3.8) is 0 Å². The first-order valence-corrected chi connectivity index (χ1v) is 4.35. The number of rotatable bonds is 6. The second kappa shape index (κ2) is 6.48. The van der Waals surface area contributed by atoms with Gasteiger partial charge in [0, 0.05) is 31.5 Å². The Morgan fingerprint density at radius 2 is 2.15 bits per heavy atom. The SMILES string of the molecule is CC(C)N(C=CC(=O)O)CCCO. The van der Waals surface area contributed by atoms with Crippen LogP contribution in [-0.2, 0) is 4.79 Å². The van der Waals surface area contributed by atoms with Gasteiger partial charge in [-0.15, -0.1) is 0 Å². The molecule has 0 spiro atoms. The highest BCUT2D eigenvalue weighted by atomic mass is 16.4. The third kappa shape index (κ3) is 6.16. The van der Waals surface area contributed by atoms with Gasteiger partial charge in [-0.25, -0.2) is 4.79 Å². The molecule has 0 fully saturated rings. The van der Waals surface area contributed by atoms with Gasteiger partial charge in [0.25, 0.3) is 0 Å². The molecule has 0 aromatic heterocycles. The topological polar surface area (TPSA) is 60.8 Å². The summed E-state index contributed by atoms with van der Waals surface area (Å²) in [7, 11) is 0. The Bertz CT molecular complexity index is 178. The predicted molar refractivity (Wildman–Crippen MR) is 50.3 cm³/mol. The van der Waals surface area contributed by atoms with E-state index in [1.807, 2.05) is 18.7 Å². The van der Waals surface area contributed by atoms with Crippen molar-refractivity contribution in [2.45, 2.75) is 26.3 Å². The zero-order chi connectivity index (χ0) is 10.3. The minimum Gasteiger partial charge on any atom is -0.478 e. The average Bonchev–Trinajstić information content (AvgIpc) is 2.03. The zero-order valence-electron chi connectivity index (χ0n) is 8.10. The lowest BCUT2D eigenvalue weighted by Gasteiger charge is -2.24. The largest absolute Gasteiger partial charge is 0.478 e. The van der Waals surface area contributed by atoms with Gasteiger partial charge in [0.1, 0.15) is 0 Å². The minimum atomic E-state index is -0.949. The van der Waals surface area contributed by atoms with Gasteiger partial charge in [0.15, 0.2) is 0 Å². The van der Waals surface area contributed by atoms with E-state index in [9.17, 15) is 4.79 Å². The van der Waals surface area contributed by atoms with Gasteiger partial charge in [-0.1, -0.05) is 0 Å². The molecule has 0 atom stereocenters. The summed E-state index contributed by atoms with van der Waals surface area (Å²) in [6.07, 6.45) is 3.31. The Morgan fingerprint density at radius 3 is 2.54 bits per heavy atom. The number of carboxylic acid groups (broad SMARTS) is 1. The number of aliphatic hydroxyl groups is 1. The van der Waals surface area contributed by atoms with Crippen LogP contribution in [0.4, 0.5) is 0 Å². The van der Waals surface area contributed by atoms with Crippen LogP contribution in [0, 0.1) is 0 Å². The van der Waals surface area contributed by atoms with Gasteiger partial charge in [0.05, 0.1) is 0 Å². The molecule has 76 valence electrons. The maximum absolute atomic E-state index is 10.2. The summed E-state index contributed by atoms with van der Waals surface area (Å²) in [5.41, 5.74) is 0. The van der Waals surface area contributed by atoms with Crippen molar-refractivity contribution in [1.82, 2.24) is 4.90 Å². The van der Waals surface area contributed by atoms with Crippen molar-refractivity contribution in [1.29, 1.82) is 0 Å². The molecule has 13 heavy (non-hydrogen) atoms. The predicted octanol–water partition coefficient (Wildman–Crippen LogP) is 0.677. The van der Waals surface area contributed by atoms with Crippen LogP contribution in [0.15, 0.2) is 12.3 Å². The molecule has 0 heterocycles. The molecular weight excluding hydrogens is 170 g/mol. The van der Waals surface area contributed by atoms with Crippen molar-refractivity contribution < 1.29 is 15.0 Å². The summed E-state index contributed by atoms with van der Waals surface area (Å²) < 4.78 is 0. The van der Waals surface area contributed by atoms with Gasteiger partial charge in [-0.3, -0.25) is 0 Å². The summed E-state index contributed by atoms with van der Waals surface area (Å²) in [5, 5.41) is 17.0. The van der Waals surface area contributed by atoms with Gasteiger partial charge >= 0.3 is 5.97 Å². The summed E-state index contributed by atoms with van der Waals surface area (Å²) in [5.74, 6) is -0.949. The molecule has 0 aromatic rings. The molecule has 0 aromatic carbocycles. The number of carboxylic acids is 1. The molecule has 0 aliphatic carbocycles. The fraction of sp³-hybridized carbons (Fsp3) is 0.667. The molecule has 2 N–H and O–H groups in total. The van der Waals surface area contributed by atoms with Gasteiger partial charge in [0.2, 0.25) is 0 Å². The molecule has 0 saturated heterocycles. The Hall–Kier alpha value is -1.03. The lowest BCUT2D eigenvalue weighted by Crippen LogP contribution is -2.27. The van der Waals surface area contributed by atoms with Crippen molar-refractivity contribution in [2.75, 3.05) is 13.2 Å². The second-order valence-electron chi connectivity index (χ2n) is 3.06. The van der Waals surface area contributed by atoms with Crippen LogP contribution in [0.2, 0.25) is 0 Å². The molecule has 0 amide bonds. The van der Waals surface area contributed by atoms with Crippen LogP contribution in [0.25, 0.3) is 0 Å². The maximum Gasteiger partial charge on any atom is 0.329 e. The summed E-state index contributed by atoms with van der Waals surface area (Å²) in [6, 6.07) is 0.252. The van der Waals surface area contributed by atoms with E-state index in [2.05, 4.69) is 0 Å².